The Morgan fingerprint density at radius 1 is 1.35 bits per heavy atom. The Hall–Kier alpha value is -2.16. The second-order valence-electron chi connectivity index (χ2n) is 5.12. The lowest BCUT2D eigenvalue weighted by Gasteiger charge is -2.28. The molecule has 0 aromatic carbocycles. The third-order valence-electron chi connectivity index (χ3n) is 3.86. The standard InChI is InChI=1S/C14H18N4O2/c1-9-10(2)16-17-13(11(9)8-15)18-7-5-3-4-6-12(18)14(19)20/h12H,3-7H2,1-2H3,(H,19,20). The number of aryl methyl sites for hydroxylation is 1. The first-order valence-corrected chi connectivity index (χ1v) is 6.79. The van der Waals surface area contributed by atoms with Crippen LogP contribution in [0.1, 0.15) is 42.5 Å². The van der Waals surface area contributed by atoms with E-state index in [0.29, 0.717) is 30.0 Å². The van der Waals surface area contributed by atoms with Crippen LogP contribution in [0.15, 0.2) is 0 Å². The summed E-state index contributed by atoms with van der Waals surface area (Å²) in [7, 11) is 0. The maximum Gasteiger partial charge on any atom is 0.326 e. The van der Waals surface area contributed by atoms with Crippen molar-refractivity contribution in [1.82, 2.24) is 10.2 Å². The third-order valence-corrected chi connectivity index (χ3v) is 3.86. The van der Waals surface area contributed by atoms with Gasteiger partial charge in [0.2, 0.25) is 0 Å². The van der Waals surface area contributed by atoms with Crippen molar-refractivity contribution in [2.24, 2.45) is 0 Å². The van der Waals surface area contributed by atoms with E-state index < -0.39 is 12.0 Å². The molecule has 0 saturated carbocycles. The Kier molecular flexibility index (Phi) is 4.18. The largest absolute Gasteiger partial charge is 0.480 e. The molecule has 0 bridgehead atoms. The molecule has 1 aromatic heterocycles. The Labute approximate surface area is 118 Å². The molecule has 6 heteroatoms. The van der Waals surface area contributed by atoms with Gasteiger partial charge in [0.15, 0.2) is 5.82 Å². The van der Waals surface area contributed by atoms with Gasteiger partial charge < -0.3 is 10.0 Å². The minimum Gasteiger partial charge on any atom is -0.480 e. The summed E-state index contributed by atoms with van der Waals surface area (Å²) < 4.78 is 0. The number of hydrogen-bond acceptors (Lipinski definition) is 5. The van der Waals surface area contributed by atoms with Gasteiger partial charge in [-0.05, 0) is 32.3 Å². The number of aliphatic carboxylic acids is 1. The smallest absolute Gasteiger partial charge is 0.326 e. The summed E-state index contributed by atoms with van der Waals surface area (Å²) in [5.41, 5.74) is 1.91. The van der Waals surface area contributed by atoms with Gasteiger partial charge in [0.25, 0.3) is 0 Å². The van der Waals surface area contributed by atoms with Crippen molar-refractivity contribution in [3.8, 4) is 6.07 Å². The number of carboxylic acid groups (broad SMARTS) is 1. The average Bonchev–Trinajstić information content (AvgIpc) is 2.67. The predicted molar refractivity (Wildman–Crippen MR) is 73.5 cm³/mol. The van der Waals surface area contributed by atoms with E-state index in [4.69, 9.17) is 0 Å². The minimum absolute atomic E-state index is 0.407. The number of hydrogen-bond donors (Lipinski definition) is 1. The molecule has 1 saturated heterocycles. The Morgan fingerprint density at radius 2 is 2.10 bits per heavy atom. The van der Waals surface area contributed by atoms with Crippen LogP contribution in [0.4, 0.5) is 5.82 Å². The summed E-state index contributed by atoms with van der Waals surface area (Å²) in [6, 6.07) is 1.52. The summed E-state index contributed by atoms with van der Waals surface area (Å²) in [6.45, 7) is 4.21. The molecular weight excluding hydrogens is 256 g/mol. The SMILES string of the molecule is Cc1nnc(N2CCCCCC2C(=O)O)c(C#N)c1C. The van der Waals surface area contributed by atoms with Gasteiger partial charge in [0.05, 0.1) is 5.69 Å². The fourth-order valence-corrected chi connectivity index (χ4v) is 2.55. The number of nitrogens with zero attached hydrogens (tertiary/aromatic N) is 4. The summed E-state index contributed by atoms with van der Waals surface area (Å²) in [5.74, 6) is -0.458. The average molecular weight is 274 g/mol. The number of carboxylic acids is 1. The van der Waals surface area contributed by atoms with Crippen molar-refractivity contribution in [2.75, 3.05) is 11.4 Å². The van der Waals surface area contributed by atoms with Crippen molar-refractivity contribution in [2.45, 2.75) is 45.6 Å². The molecule has 0 radical (unpaired) electrons. The summed E-state index contributed by atoms with van der Waals surface area (Å²) >= 11 is 0. The fraction of sp³-hybridized carbons (Fsp3) is 0.571. The zero-order valence-corrected chi connectivity index (χ0v) is 11.8. The van der Waals surface area contributed by atoms with Crippen LogP contribution in [0.3, 0.4) is 0 Å². The molecule has 0 spiro atoms. The van der Waals surface area contributed by atoms with Gasteiger partial charge in [-0.25, -0.2) is 4.79 Å². The van der Waals surface area contributed by atoms with E-state index in [1.165, 1.54) is 0 Å². The highest BCUT2D eigenvalue weighted by Crippen LogP contribution is 2.27. The van der Waals surface area contributed by atoms with Crippen molar-refractivity contribution < 1.29 is 9.90 Å². The van der Waals surface area contributed by atoms with Crippen LogP contribution in [0.25, 0.3) is 0 Å². The summed E-state index contributed by atoms with van der Waals surface area (Å²) in [6.07, 6.45) is 3.37. The molecule has 0 amide bonds. The molecule has 1 aromatic rings. The lowest BCUT2D eigenvalue weighted by molar-refractivity contribution is -0.138. The van der Waals surface area contributed by atoms with Crippen molar-refractivity contribution in [3.05, 3.63) is 16.8 Å². The molecule has 20 heavy (non-hydrogen) atoms. The molecule has 1 unspecified atom stereocenters. The molecule has 1 atom stereocenters. The van der Waals surface area contributed by atoms with Crippen LogP contribution in [-0.2, 0) is 4.79 Å². The van der Waals surface area contributed by atoms with E-state index in [-0.39, 0.29) is 0 Å². The molecule has 106 valence electrons. The quantitative estimate of drug-likeness (QED) is 0.884. The van der Waals surface area contributed by atoms with Crippen molar-refractivity contribution in [1.29, 1.82) is 5.26 Å². The van der Waals surface area contributed by atoms with Crippen LogP contribution < -0.4 is 4.90 Å². The first-order valence-electron chi connectivity index (χ1n) is 6.79. The van der Waals surface area contributed by atoms with E-state index in [0.717, 1.165) is 24.8 Å². The van der Waals surface area contributed by atoms with E-state index in [2.05, 4.69) is 16.3 Å². The monoisotopic (exact) mass is 274 g/mol. The van der Waals surface area contributed by atoms with Gasteiger partial charge in [-0.3, -0.25) is 0 Å². The number of carbonyl (C=O) groups is 1. The number of rotatable bonds is 2. The summed E-state index contributed by atoms with van der Waals surface area (Å²) in [5, 5.41) is 26.9. The third kappa shape index (κ3) is 2.57. The Bertz CT molecular complexity index is 565. The first-order chi connectivity index (χ1) is 9.56. The molecule has 1 aliphatic heterocycles. The molecule has 1 fully saturated rings. The van der Waals surface area contributed by atoms with E-state index in [1.54, 1.807) is 11.8 Å². The second-order valence-corrected chi connectivity index (χ2v) is 5.12. The topological polar surface area (TPSA) is 90.1 Å². The normalized spacial score (nSPS) is 19.2. The van der Waals surface area contributed by atoms with E-state index in [1.807, 2.05) is 6.92 Å². The predicted octanol–water partition coefficient (Wildman–Crippen LogP) is 1.80. The number of aromatic nitrogens is 2. The molecule has 6 nitrogen and oxygen atoms in total. The summed E-state index contributed by atoms with van der Waals surface area (Å²) in [4.78, 5) is 13.2. The molecule has 1 N–H and O–H groups in total. The van der Waals surface area contributed by atoms with Crippen LogP contribution in [0.2, 0.25) is 0 Å². The van der Waals surface area contributed by atoms with Gasteiger partial charge in [-0.2, -0.15) is 10.4 Å². The minimum atomic E-state index is -0.865. The molecule has 2 rings (SSSR count). The van der Waals surface area contributed by atoms with Gasteiger partial charge in [0.1, 0.15) is 17.7 Å². The highest BCUT2D eigenvalue weighted by Gasteiger charge is 2.30. The number of nitriles is 1. The Balaban J connectivity index is 2.50. The van der Waals surface area contributed by atoms with E-state index >= 15 is 0 Å². The van der Waals surface area contributed by atoms with Gasteiger partial charge >= 0.3 is 5.97 Å². The van der Waals surface area contributed by atoms with Crippen LogP contribution in [0.5, 0.6) is 0 Å². The first kappa shape index (κ1) is 14.3. The molecule has 0 aliphatic carbocycles. The maximum atomic E-state index is 11.5. The van der Waals surface area contributed by atoms with Gasteiger partial charge in [-0.1, -0.05) is 12.8 Å². The lowest BCUT2D eigenvalue weighted by Crippen LogP contribution is -2.42. The van der Waals surface area contributed by atoms with Crippen LogP contribution >= 0.6 is 0 Å². The highest BCUT2D eigenvalue weighted by atomic mass is 16.4. The zero-order chi connectivity index (χ0) is 14.7. The second kappa shape index (κ2) is 5.87. The van der Waals surface area contributed by atoms with Gasteiger partial charge in [0, 0.05) is 6.54 Å². The highest BCUT2D eigenvalue weighted by molar-refractivity contribution is 5.78. The number of anilines is 1. The molecule has 2 heterocycles. The van der Waals surface area contributed by atoms with Gasteiger partial charge in [-0.15, -0.1) is 5.10 Å². The Morgan fingerprint density at radius 3 is 2.75 bits per heavy atom. The van der Waals surface area contributed by atoms with Crippen molar-refractivity contribution in [3.63, 3.8) is 0 Å². The zero-order valence-electron chi connectivity index (χ0n) is 11.8. The maximum absolute atomic E-state index is 11.5. The van der Waals surface area contributed by atoms with Crippen LogP contribution in [0, 0.1) is 25.2 Å². The fourth-order valence-electron chi connectivity index (χ4n) is 2.55. The molecular formula is C14H18N4O2. The van der Waals surface area contributed by atoms with Crippen molar-refractivity contribution >= 4 is 11.8 Å². The van der Waals surface area contributed by atoms with E-state index in [9.17, 15) is 15.2 Å². The molecule has 1 aliphatic rings. The van der Waals surface area contributed by atoms with Crippen LogP contribution in [-0.4, -0.2) is 33.9 Å². The lowest BCUT2D eigenvalue weighted by atomic mass is 10.1.